The average Bonchev–Trinajstić information content (AvgIpc) is 2.44. The van der Waals surface area contributed by atoms with Crippen molar-refractivity contribution in [3.05, 3.63) is 18.1 Å². The van der Waals surface area contributed by atoms with E-state index in [0.717, 1.165) is 19.3 Å². The van der Waals surface area contributed by atoms with Gasteiger partial charge in [0.1, 0.15) is 18.2 Å². The highest BCUT2D eigenvalue weighted by Crippen LogP contribution is 2.14. The molecule has 0 spiro atoms. The van der Waals surface area contributed by atoms with E-state index in [1.165, 1.54) is 12.3 Å². The summed E-state index contributed by atoms with van der Waals surface area (Å²) in [6.07, 6.45) is 0.816. The van der Waals surface area contributed by atoms with Crippen molar-refractivity contribution in [1.29, 1.82) is 5.41 Å². The molecular formula is C13H21ClF3N7. The maximum atomic E-state index is 12.0. The number of aliphatic imine (C=N–C) groups is 1. The number of aromatic nitrogens is 2. The lowest BCUT2D eigenvalue weighted by atomic mass is 10.1. The van der Waals surface area contributed by atoms with E-state index in [-0.39, 0.29) is 24.2 Å². The Kier molecular flexibility index (Phi) is 9.70. The van der Waals surface area contributed by atoms with Gasteiger partial charge >= 0.3 is 6.18 Å². The molecule has 0 aliphatic carbocycles. The fraction of sp³-hybridized carbons (Fsp3) is 0.538. The largest absolute Gasteiger partial charge is 0.408 e. The van der Waals surface area contributed by atoms with Crippen LogP contribution in [0.2, 0.25) is 0 Å². The molecule has 11 heteroatoms. The Bertz CT molecular complexity index is 549. The molecule has 6 N–H and O–H groups in total. The van der Waals surface area contributed by atoms with Gasteiger partial charge in [-0.15, -0.1) is 12.4 Å². The number of hydrogen-bond acceptors (Lipinski definition) is 4. The average molecular weight is 368 g/mol. The monoisotopic (exact) mass is 367 g/mol. The number of alkyl halides is 3. The number of anilines is 1. The first-order valence-electron chi connectivity index (χ1n) is 7.05. The van der Waals surface area contributed by atoms with E-state index in [2.05, 4.69) is 20.3 Å². The minimum atomic E-state index is -4.40. The molecule has 136 valence electrons. The topological polar surface area (TPSA) is 126 Å². The summed E-state index contributed by atoms with van der Waals surface area (Å²) in [6, 6.07) is 1.50. The highest BCUT2D eigenvalue weighted by molar-refractivity contribution is 5.91. The summed E-state index contributed by atoms with van der Waals surface area (Å²) >= 11 is 0. The van der Waals surface area contributed by atoms with Crippen molar-refractivity contribution < 1.29 is 13.2 Å². The zero-order valence-electron chi connectivity index (χ0n) is 12.9. The van der Waals surface area contributed by atoms with Crippen LogP contribution in [0.15, 0.2) is 17.3 Å². The van der Waals surface area contributed by atoms with Gasteiger partial charge in [0.05, 0.1) is 5.84 Å². The van der Waals surface area contributed by atoms with Gasteiger partial charge in [-0.1, -0.05) is 6.42 Å². The van der Waals surface area contributed by atoms with Crippen molar-refractivity contribution in [2.24, 2.45) is 16.5 Å². The maximum absolute atomic E-state index is 12.0. The van der Waals surface area contributed by atoms with E-state index in [0.29, 0.717) is 24.5 Å². The van der Waals surface area contributed by atoms with Crippen LogP contribution in [0.25, 0.3) is 0 Å². The lowest BCUT2D eigenvalue weighted by Gasteiger charge is -2.07. The number of guanidine groups is 1. The second-order valence-electron chi connectivity index (χ2n) is 4.89. The number of nitrogens with two attached hydrogens (primary N) is 2. The zero-order chi connectivity index (χ0) is 17.3. The minimum Gasteiger partial charge on any atom is -0.388 e. The van der Waals surface area contributed by atoms with Gasteiger partial charge in [-0.2, -0.15) is 13.2 Å². The summed E-state index contributed by atoms with van der Waals surface area (Å²) in [5.74, 6) is 0.665. The summed E-state index contributed by atoms with van der Waals surface area (Å²) < 4.78 is 36.1. The van der Waals surface area contributed by atoms with Crippen molar-refractivity contribution in [1.82, 2.24) is 9.97 Å². The molecule has 0 radical (unpaired) electrons. The second kappa shape index (κ2) is 10.6. The third-order valence-corrected chi connectivity index (χ3v) is 2.74. The molecule has 7 nitrogen and oxygen atoms in total. The number of unbranched alkanes of at least 4 members (excludes halogenated alkanes) is 2. The van der Waals surface area contributed by atoms with Gasteiger partial charge in [0, 0.05) is 19.0 Å². The molecule has 0 saturated carbocycles. The van der Waals surface area contributed by atoms with Crippen LogP contribution >= 0.6 is 12.4 Å². The number of halogens is 4. The first-order valence-corrected chi connectivity index (χ1v) is 7.05. The highest BCUT2D eigenvalue weighted by atomic mass is 35.5. The summed E-state index contributed by atoms with van der Waals surface area (Å²) in [5.41, 5.74) is 10.6. The van der Waals surface area contributed by atoms with Crippen LogP contribution in [0.5, 0.6) is 0 Å². The van der Waals surface area contributed by atoms with E-state index in [9.17, 15) is 13.2 Å². The van der Waals surface area contributed by atoms with Crippen LogP contribution in [0.4, 0.5) is 19.0 Å². The van der Waals surface area contributed by atoms with Gasteiger partial charge in [-0.25, -0.2) is 15.0 Å². The molecule has 1 heterocycles. The Morgan fingerprint density at radius 3 is 2.58 bits per heavy atom. The van der Waals surface area contributed by atoms with E-state index >= 15 is 0 Å². The molecule has 1 rings (SSSR count). The first kappa shape index (κ1) is 21.9. The lowest BCUT2D eigenvalue weighted by Crippen LogP contribution is -2.26. The van der Waals surface area contributed by atoms with Crippen molar-refractivity contribution in [2.75, 3.05) is 11.9 Å². The molecule has 0 saturated heterocycles. The third-order valence-electron chi connectivity index (χ3n) is 2.74. The van der Waals surface area contributed by atoms with Gasteiger partial charge < -0.3 is 16.8 Å². The molecular weight excluding hydrogens is 347 g/mol. The molecule has 1 aromatic heterocycles. The van der Waals surface area contributed by atoms with E-state index in [1.54, 1.807) is 0 Å². The second-order valence-corrected chi connectivity index (χ2v) is 4.89. The molecule has 0 fully saturated rings. The highest BCUT2D eigenvalue weighted by Gasteiger charge is 2.26. The molecule has 0 unspecified atom stereocenters. The number of nitrogens with one attached hydrogen (secondary N) is 2. The molecule has 1 aromatic rings. The summed E-state index contributed by atoms with van der Waals surface area (Å²) in [4.78, 5) is 11.4. The van der Waals surface area contributed by atoms with Gasteiger partial charge in [0.2, 0.25) is 0 Å². The number of amidine groups is 1. The van der Waals surface area contributed by atoms with Gasteiger partial charge in [0.15, 0.2) is 5.96 Å². The van der Waals surface area contributed by atoms with Crippen molar-refractivity contribution in [2.45, 2.75) is 38.3 Å². The Hall–Kier alpha value is -2.10. The summed E-state index contributed by atoms with van der Waals surface area (Å²) in [7, 11) is 0. The fourth-order valence-electron chi connectivity index (χ4n) is 1.71. The van der Waals surface area contributed by atoms with Crippen LogP contribution in [0.3, 0.4) is 0 Å². The fourth-order valence-corrected chi connectivity index (χ4v) is 1.71. The predicted molar refractivity (Wildman–Crippen MR) is 89.5 cm³/mol. The van der Waals surface area contributed by atoms with Crippen molar-refractivity contribution in [3.63, 3.8) is 0 Å². The molecule has 0 bridgehead atoms. The lowest BCUT2D eigenvalue weighted by molar-refractivity contribution is -0.118. The molecule has 0 aliphatic heterocycles. The van der Waals surface area contributed by atoms with Crippen LogP contribution < -0.4 is 16.8 Å². The molecule has 0 atom stereocenters. The molecule has 0 aliphatic rings. The number of aryl methyl sites for hydroxylation is 1. The van der Waals surface area contributed by atoms with Gasteiger partial charge in [-0.05, 0) is 18.9 Å². The van der Waals surface area contributed by atoms with Gasteiger partial charge in [-0.3, -0.25) is 5.41 Å². The molecule has 0 amide bonds. The van der Waals surface area contributed by atoms with E-state index in [1.807, 2.05) is 0 Å². The Morgan fingerprint density at radius 2 is 1.96 bits per heavy atom. The Morgan fingerprint density at radius 1 is 1.25 bits per heavy atom. The van der Waals surface area contributed by atoms with Crippen LogP contribution in [-0.2, 0) is 6.42 Å². The zero-order valence-corrected chi connectivity index (χ0v) is 13.8. The van der Waals surface area contributed by atoms with Crippen LogP contribution in [0.1, 0.15) is 31.5 Å². The number of hydrogen-bond donors (Lipinski definition) is 4. The summed E-state index contributed by atoms with van der Waals surface area (Å²) in [6.45, 7) is -1.35. The minimum absolute atomic E-state index is 0. The normalized spacial score (nSPS) is 11.7. The summed E-state index contributed by atoms with van der Waals surface area (Å²) in [5, 5.41) is 9.61. The van der Waals surface area contributed by atoms with Crippen molar-refractivity contribution >= 4 is 30.0 Å². The Labute approximate surface area is 144 Å². The Balaban J connectivity index is 0.00000529. The van der Waals surface area contributed by atoms with Gasteiger partial charge in [0.25, 0.3) is 0 Å². The van der Waals surface area contributed by atoms with Crippen molar-refractivity contribution in [3.8, 4) is 0 Å². The molecule has 24 heavy (non-hydrogen) atoms. The standard InChI is InChI=1S/C13H20F3N7.ClH/c14-13(15,16)8-21-12(19)23-11-6-7-20-10(22-11)5-3-1-2-4-9(17)18;/h6-7H,1-5,8H2,(H3,17,18)(H3,19,20,21,22,23);1H. The number of rotatable bonds is 8. The quantitative estimate of drug-likeness (QED) is 0.318. The van der Waals surface area contributed by atoms with E-state index in [4.69, 9.17) is 16.9 Å². The first-order chi connectivity index (χ1) is 10.8. The maximum Gasteiger partial charge on any atom is 0.408 e. The smallest absolute Gasteiger partial charge is 0.388 e. The van der Waals surface area contributed by atoms with Crippen LogP contribution in [0, 0.1) is 5.41 Å². The number of nitrogens with zero attached hydrogens (tertiary/aromatic N) is 3. The predicted octanol–water partition coefficient (Wildman–Crippen LogP) is 2.23. The van der Waals surface area contributed by atoms with E-state index < -0.39 is 12.7 Å². The van der Waals surface area contributed by atoms with Crippen LogP contribution in [-0.4, -0.2) is 34.5 Å². The third kappa shape index (κ3) is 10.6. The SMILES string of the molecule is Cl.N=C(N)CCCCCc1nccc(NC(N)=NCC(F)(F)F)n1. The molecule has 0 aromatic carbocycles.